The minimum atomic E-state index is -1.30. The molecule has 2 bridgehead atoms. The number of aliphatic hydroxyl groups excluding tert-OH is 1. The van der Waals surface area contributed by atoms with Gasteiger partial charge in [0.15, 0.2) is 0 Å². The Morgan fingerprint density at radius 2 is 1.91 bits per heavy atom. The number of amides is 3. The number of ether oxygens (including phenoxy) is 2. The van der Waals surface area contributed by atoms with Crippen LogP contribution in [0, 0.1) is 17.8 Å². The van der Waals surface area contributed by atoms with E-state index in [0.29, 0.717) is 24.8 Å². The topological polar surface area (TPSA) is 125 Å². The number of carbonyl (C=O) groups excluding carboxylic acids is 4. The number of nitrogens with zero attached hydrogens (tertiary/aromatic N) is 2. The zero-order chi connectivity index (χ0) is 33.8. The summed E-state index contributed by atoms with van der Waals surface area (Å²) >= 11 is 3.71. The number of alkyl halides is 1. The first-order valence-corrected chi connectivity index (χ1v) is 17.2. The third-order valence-corrected chi connectivity index (χ3v) is 10.6. The molecule has 46 heavy (non-hydrogen) atoms. The fourth-order valence-corrected chi connectivity index (χ4v) is 8.22. The summed E-state index contributed by atoms with van der Waals surface area (Å²) in [4.78, 5) is 58.6. The standard InChI is InChI=1S/C35H48BrN3O7/c1-7-10-16-27(41)37-19-26(23-14-12-11-13-15-23)45-34(44)28-29-32(42)39(25(20-40)22(6)9-3)31(33(43)38(17-8-2)21(4)5)35(29)18-24(36)30(28)46-35/h7-8,11-15,21-22,24-26,28-31,40H,1-2,9-10,16-20H2,3-6H3,(H,37,41)/t22-,24?,25-,26+,28-,29+,30-,31-,35+/m0/s1. The van der Waals surface area contributed by atoms with Crippen molar-refractivity contribution in [3.05, 3.63) is 61.2 Å². The van der Waals surface area contributed by atoms with Crippen molar-refractivity contribution in [2.75, 3.05) is 19.7 Å². The van der Waals surface area contributed by atoms with Gasteiger partial charge in [-0.25, -0.2) is 0 Å². The molecule has 0 aliphatic carbocycles. The van der Waals surface area contributed by atoms with Crippen LogP contribution in [-0.4, -0.2) is 93.0 Å². The summed E-state index contributed by atoms with van der Waals surface area (Å²) < 4.78 is 12.8. The number of benzene rings is 1. The highest BCUT2D eigenvalue weighted by atomic mass is 79.9. The van der Waals surface area contributed by atoms with Gasteiger partial charge in [-0.15, -0.1) is 13.2 Å². The fourth-order valence-electron chi connectivity index (χ4n) is 7.28. The molecule has 3 amide bonds. The lowest BCUT2D eigenvalue weighted by Gasteiger charge is -2.41. The lowest BCUT2D eigenvalue weighted by Crippen LogP contribution is -2.60. The van der Waals surface area contributed by atoms with Crippen LogP contribution in [-0.2, 0) is 28.7 Å². The van der Waals surface area contributed by atoms with Crippen LogP contribution in [0.15, 0.2) is 55.6 Å². The lowest BCUT2D eigenvalue weighted by molar-refractivity contribution is -0.161. The molecule has 11 heteroatoms. The Labute approximate surface area is 280 Å². The first kappa shape index (κ1) is 35.8. The number of aliphatic hydroxyl groups is 1. The van der Waals surface area contributed by atoms with Crippen LogP contribution in [0.2, 0.25) is 0 Å². The Kier molecular flexibility index (Phi) is 11.9. The summed E-state index contributed by atoms with van der Waals surface area (Å²) in [6.45, 7) is 15.2. The second-order valence-corrected chi connectivity index (χ2v) is 14.1. The number of halogens is 1. The number of hydrogen-bond acceptors (Lipinski definition) is 7. The first-order chi connectivity index (χ1) is 22.0. The Balaban J connectivity index is 1.73. The molecule has 4 rings (SSSR count). The van der Waals surface area contributed by atoms with Gasteiger partial charge in [0.25, 0.3) is 0 Å². The van der Waals surface area contributed by atoms with E-state index < -0.39 is 53.6 Å². The number of fused-ring (bicyclic) bond motifs is 1. The van der Waals surface area contributed by atoms with Crippen LogP contribution >= 0.6 is 15.9 Å². The van der Waals surface area contributed by atoms with Gasteiger partial charge in [0, 0.05) is 23.8 Å². The minimum Gasteiger partial charge on any atom is -0.455 e. The molecule has 1 unspecified atom stereocenters. The van der Waals surface area contributed by atoms with Crippen molar-refractivity contribution in [3.63, 3.8) is 0 Å². The molecule has 3 aliphatic rings. The lowest BCUT2D eigenvalue weighted by atomic mass is 9.70. The van der Waals surface area contributed by atoms with E-state index in [1.165, 1.54) is 4.90 Å². The minimum absolute atomic E-state index is 0.0458. The molecule has 3 aliphatic heterocycles. The smallest absolute Gasteiger partial charge is 0.313 e. The monoisotopic (exact) mass is 701 g/mol. The van der Waals surface area contributed by atoms with Crippen molar-refractivity contribution >= 4 is 39.6 Å². The van der Waals surface area contributed by atoms with Crippen LogP contribution in [0.4, 0.5) is 0 Å². The van der Waals surface area contributed by atoms with Crippen molar-refractivity contribution in [3.8, 4) is 0 Å². The molecular formula is C35H48BrN3O7. The normalized spacial score (nSPS) is 28.4. The molecule has 3 heterocycles. The average molecular weight is 703 g/mol. The van der Waals surface area contributed by atoms with Crippen molar-refractivity contribution in [2.24, 2.45) is 17.8 Å². The Bertz CT molecular complexity index is 1290. The van der Waals surface area contributed by atoms with E-state index >= 15 is 0 Å². The van der Waals surface area contributed by atoms with Gasteiger partial charge in [0.1, 0.15) is 17.7 Å². The molecule has 3 fully saturated rings. The predicted octanol–water partition coefficient (Wildman–Crippen LogP) is 3.93. The van der Waals surface area contributed by atoms with Crippen molar-refractivity contribution in [2.45, 2.75) is 94.1 Å². The van der Waals surface area contributed by atoms with Crippen molar-refractivity contribution in [1.82, 2.24) is 15.1 Å². The van der Waals surface area contributed by atoms with Gasteiger partial charge < -0.3 is 29.7 Å². The van der Waals surface area contributed by atoms with E-state index in [9.17, 15) is 24.3 Å². The highest BCUT2D eigenvalue weighted by molar-refractivity contribution is 9.09. The summed E-state index contributed by atoms with van der Waals surface area (Å²) in [5.41, 5.74) is -0.608. The molecule has 1 aromatic rings. The zero-order valence-electron chi connectivity index (χ0n) is 27.3. The Morgan fingerprint density at radius 1 is 1.22 bits per heavy atom. The van der Waals surface area contributed by atoms with Gasteiger partial charge in [-0.05, 0) is 38.2 Å². The van der Waals surface area contributed by atoms with E-state index in [4.69, 9.17) is 9.47 Å². The molecule has 0 aromatic heterocycles. The number of rotatable bonds is 16. The molecule has 10 nitrogen and oxygen atoms in total. The molecule has 0 radical (unpaired) electrons. The largest absolute Gasteiger partial charge is 0.455 e. The van der Waals surface area contributed by atoms with E-state index in [-0.39, 0.29) is 54.7 Å². The van der Waals surface area contributed by atoms with E-state index in [0.717, 1.165) is 0 Å². The highest BCUT2D eigenvalue weighted by Crippen LogP contribution is 2.61. The summed E-state index contributed by atoms with van der Waals surface area (Å²) in [7, 11) is 0. The van der Waals surface area contributed by atoms with Crippen LogP contribution in [0.25, 0.3) is 0 Å². The maximum atomic E-state index is 14.6. The third-order valence-electron chi connectivity index (χ3n) is 9.80. The van der Waals surface area contributed by atoms with Gasteiger partial charge in [-0.3, -0.25) is 19.2 Å². The summed E-state index contributed by atoms with van der Waals surface area (Å²) in [6.07, 6.45) is 3.57. The van der Waals surface area contributed by atoms with E-state index in [2.05, 4.69) is 34.4 Å². The number of hydrogen-bond donors (Lipinski definition) is 2. The van der Waals surface area contributed by atoms with Crippen LogP contribution < -0.4 is 5.32 Å². The molecule has 252 valence electrons. The first-order valence-electron chi connectivity index (χ1n) is 16.3. The summed E-state index contributed by atoms with van der Waals surface area (Å²) in [6, 6.07) is 7.23. The third kappa shape index (κ3) is 6.69. The van der Waals surface area contributed by atoms with Gasteiger partial charge in [-0.2, -0.15) is 0 Å². The molecule has 1 spiro atoms. The van der Waals surface area contributed by atoms with Crippen LogP contribution in [0.1, 0.15) is 65.0 Å². The van der Waals surface area contributed by atoms with Gasteiger partial charge in [0.2, 0.25) is 17.7 Å². The number of carbonyl (C=O) groups is 4. The van der Waals surface area contributed by atoms with Gasteiger partial charge >= 0.3 is 5.97 Å². The van der Waals surface area contributed by atoms with Crippen molar-refractivity contribution < 1.29 is 33.8 Å². The molecule has 1 aromatic carbocycles. The number of esters is 1. The molecule has 2 N–H and O–H groups in total. The van der Waals surface area contributed by atoms with Crippen molar-refractivity contribution in [1.29, 1.82) is 0 Å². The Hall–Kier alpha value is -3.02. The summed E-state index contributed by atoms with van der Waals surface area (Å²) in [5.74, 6) is -3.63. The maximum absolute atomic E-state index is 14.6. The SMILES string of the molecule is C=CCCC(=O)NC[C@@H](OC(=O)[C@@H]1[C@H]2O[C@@]3(CC2Br)[C@H](C(=O)N(CC=C)C(C)C)N([C@@H](CO)[C@@H](C)CC)C(=O)[C@@H]13)c1ccccc1. The second-order valence-electron chi connectivity index (χ2n) is 12.9. The number of nitrogens with one attached hydrogen (secondary N) is 1. The highest BCUT2D eigenvalue weighted by Gasteiger charge is 2.77. The van der Waals surface area contributed by atoms with Gasteiger partial charge in [0.05, 0.1) is 37.1 Å². The van der Waals surface area contributed by atoms with E-state index in [1.807, 2.05) is 58.0 Å². The average Bonchev–Trinajstić information content (AvgIpc) is 3.64. The summed E-state index contributed by atoms with van der Waals surface area (Å²) in [5, 5.41) is 13.4. The van der Waals surface area contributed by atoms with Crippen LogP contribution in [0.5, 0.6) is 0 Å². The maximum Gasteiger partial charge on any atom is 0.313 e. The zero-order valence-corrected chi connectivity index (χ0v) is 28.9. The van der Waals surface area contributed by atoms with Crippen LogP contribution in [0.3, 0.4) is 0 Å². The molecular weight excluding hydrogens is 654 g/mol. The number of allylic oxidation sites excluding steroid dienone is 1. The predicted molar refractivity (Wildman–Crippen MR) is 178 cm³/mol. The molecule has 0 saturated carbocycles. The number of likely N-dealkylation sites (tertiary alicyclic amines) is 1. The fraction of sp³-hybridized carbons (Fsp3) is 0.600. The Morgan fingerprint density at radius 3 is 2.50 bits per heavy atom. The van der Waals surface area contributed by atoms with Gasteiger partial charge in [-0.1, -0.05) is 78.7 Å². The molecule has 3 saturated heterocycles. The quantitative estimate of drug-likeness (QED) is 0.152. The molecule has 9 atom stereocenters. The second kappa shape index (κ2) is 15.3. The van der Waals surface area contributed by atoms with E-state index in [1.54, 1.807) is 17.1 Å².